The number of nitriles is 1. The van der Waals surface area contributed by atoms with E-state index in [0.29, 0.717) is 23.8 Å². The Morgan fingerprint density at radius 2 is 2.15 bits per heavy atom. The van der Waals surface area contributed by atoms with E-state index in [1.807, 2.05) is 19.9 Å². The number of aliphatic hydroxyl groups is 2. The third kappa shape index (κ3) is 5.57. The maximum Gasteiger partial charge on any atom is 0.120 e. The number of hydrogen-bond acceptors (Lipinski definition) is 5. The summed E-state index contributed by atoms with van der Waals surface area (Å²) in [5, 5.41) is 30.9. The highest BCUT2D eigenvalue weighted by atomic mass is 16.5. The van der Waals surface area contributed by atoms with Crippen LogP contribution in [0, 0.1) is 17.2 Å². The van der Waals surface area contributed by atoms with Crippen molar-refractivity contribution in [2.75, 3.05) is 19.8 Å². The van der Waals surface area contributed by atoms with Crippen LogP contribution in [0.5, 0.6) is 5.75 Å². The van der Waals surface area contributed by atoms with Gasteiger partial charge in [-0.15, -0.1) is 0 Å². The van der Waals surface area contributed by atoms with Crippen LogP contribution in [0.2, 0.25) is 0 Å². The van der Waals surface area contributed by atoms with E-state index in [1.54, 1.807) is 24.3 Å². The molecule has 0 bridgehead atoms. The molecule has 1 rings (SSSR count). The van der Waals surface area contributed by atoms with E-state index in [2.05, 4.69) is 5.32 Å². The van der Waals surface area contributed by atoms with Gasteiger partial charge >= 0.3 is 0 Å². The van der Waals surface area contributed by atoms with Gasteiger partial charge in [0.05, 0.1) is 18.2 Å². The Bertz CT molecular complexity index is 443. The maximum absolute atomic E-state index is 9.83. The van der Waals surface area contributed by atoms with Crippen molar-refractivity contribution in [3.8, 4) is 11.8 Å². The van der Waals surface area contributed by atoms with Crippen LogP contribution < -0.4 is 10.1 Å². The molecule has 0 aliphatic heterocycles. The van der Waals surface area contributed by atoms with Crippen molar-refractivity contribution in [1.29, 1.82) is 5.26 Å². The highest BCUT2D eigenvalue weighted by Crippen LogP contribution is 2.12. The van der Waals surface area contributed by atoms with Crippen molar-refractivity contribution in [1.82, 2.24) is 5.32 Å². The number of aliphatic hydroxyl groups excluding tert-OH is 2. The molecule has 5 heteroatoms. The van der Waals surface area contributed by atoms with E-state index < -0.39 is 6.10 Å². The van der Waals surface area contributed by atoms with Crippen LogP contribution in [0.1, 0.15) is 19.4 Å². The first-order chi connectivity index (χ1) is 9.56. The van der Waals surface area contributed by atoms with Crippen molar-refractivity contribution in [2.45, 2.75) is 26.0 Å². The smallest absolute Gasteiger partial charge is 0.120 e. The molecule has 3 N–H and O–H groups in total. The third-order valence-electron chi connectivity index (χ3n) is 3.02. The summed E-state index contributed by atoms with van der Waals surface area (Å²) in [6.07, 6.45) is -0.673. The van der Waals surface area contributed by atoms with Gasteiger partial charge in [0.2, 0.25) is 0 Å². The van der Waals surface area contributed by atoms with E-state index in [9.17, 15) is 5.11 Å². The second kappa shape index (κ2) is 8.54. The average Bonchev–Trinajstić information content (AvgIpc) is 2.45. The minimum Gasteiger partial charge on any atom is -0.491 e. The molecular weight excluding hydrogens is 256 g/mol. The van der Waals surface area contributed by atoms with E-state index in [1.165, 1.54) is 0 Å². The van der Waals surface area contributed by atoms with Crippen molar-refractivity contribution < 1.29 is 14.9 Å². The van der Waals surface area contributed by atoms with Gasteiger partial charge in [-0.2, -0.15) is 5.26 Å². The van der Waals surface area contributed by atoms with Gasteiger partial charge in [-0.1, -0.05) is 19.9 Å². The Morgan fingerprint density at radius 1 is 1.40 bits per heavy atom. The van der Waals surface area contributed by atoms with E-state index in [-0.39, 0.29) is 19.3 Å². The molecule has 1 aromatic rings. The number of ether oxygens (including phenoxy) is 1. The van der Waals surface area contributed by atoms with Gasteiger partial charge in [-0.05, 0) is 24.1 Å². The number of nitrogens with zero attached hydrogens (tertiary/aromatic N) is 1. The van der Waals surface area contributed by atoms with Crippen LogP contribution in [-0.2, 0) is 0 Å². The Balaban J connectivity index is 2.36. The number of benzene rings is 1. The molecule has 0 amide bonds. The van der Waals surface area contributed by atoms with Gasteiger partial charge in [0, 0.05) is 12.6 Å². The fourth-order valence-electron chi connectivity index (χ4n) is 1.71. The molecule has 0 saturated heterocycles. The lowest BCUT2D eigenvalue weighted by atomic mass is 10.1. The second-order valence-electron chi connectivity index (χ2n) is 5.05. The van der Waals surface area contributed by atoms with Gasteiger partial charge in [0.15, 0.2) is 0 Å². The van der Waals surface area contributed by atoms with Crippen molar-refractivity contribution in [3.05, 3.63) is 29.8 Å². The maximum atomic E-state index is 9.83. The lowest BCUT2D eigenvalue weighted by Gasteiger charge is -2.22. The lowest BCUT2D eigenvalue weighted by Crippen LogP contribution is -2.42. The molecule has 0 saturated carbocycles. The number of hydrogen-bond donors (Lipinski definition) is 3. The van der Waals surface area contributed by atoms with Crippen molar-refractivity contribution >= 4 is 0 Å². The topological polar surface area (TPSA) is 85.5 Å². The highest BCUT2D eigenvalue weighted by molar-refractivity contribution is 5.36. The highest BCUT2D eigenvalue weighted by Gasteiger charge is 2.13. The van der Waals surface area contributed by atoms with Crippen LogP contribution >= 0.6 is 0 Å². The average molecular weight is 278 g/mol. The minimum atomic E-state index is -0.673. The Morgan fingerprint density at radius 3 is 2.75 bits per heavy atom. The van der Waals surface area contributed by atoms with Gasteiger partial charge in [-0.3, -0.25) is 0 Å². The Labute approximate surface area is 119 Å². The van der Waals surface area contributed by atoms with Crippen LogP contribution in [0.3, 0.4) is 0 Å². The summed E-state index contributed by atoms with van der Waals surface area (Å²) in [4.78, 5) is 0. The molecule has 2 unspecified atom stereocenters. The molecule has 0 aliphatic carbocycles. The molecular formula is C15H22N2O3. The molecule has 2 atom stereocenters. The van der Waals surface area contributed by atoms with Gasteiger partial charge in [0.1, 0.15) is 18.5 Å². The van der Waals surface area contributed by atoms with Crippen molar-refractivity contribution in [3.63, 3.8) is 0 Å². The molecule has 0 radical (unpaired) electrons. The Kier molecular flexibility index (Phi) is 7.02. The number of nitrogens with one attached hydrogen (secondary N) is 1. The third-order valence-corrected chi connectivity index (χ3v) is 3.02. The van der Waals surface area contributed by atoms with E-state index in [4.69, 9.17) is 15.1 Å². The molecule has 0 spiro atoms. The number of rotatable bonds is 8. The first-order valence-corrected chi connectivity index (χ1v) is 6.72. The summed E-state index contributed by atoms with van der Waals surface area (Å²) in [6, 6.07) is 8.80. The van der Waals surface area contributed by atoms with Crippen LogP contribution in [0.25, 0.3) is 0 Å². The lowest BCUT2D eigenvalue weighted by molar-refractivity contribution is 0.0961. The van der Waals surface area contributed by atoms with E-state index in [0.717, 1.165) is 0 Å². The fraction of sp³-hybridized carbons (Fsp3) is 0.533. The van der Waals surface area contributed by atoms with Gasteiger partial charge in [0.25, 0.3) is 0 Å². The largest absolute Gasteiger partial charge is 0.491 e. The van der Waals surface area contributed by atoms with Crippen LogP contribution in [0.15, 0.2) is 24.3 Å². The zero-order chi connectivity index (χ0) is 15.0. The zero-order valence-electron chi connectivity index (χ0n) is 11.9. The summed E-state index contributed by atoms with van der Waals surface area (Å²) < 4.78 is 5.43. The molecule has 1 aromatic carbocycles. The molecule has 0 aliphatic rings. The standard InChI is InChI=1S/C15H22N2O3/c1-11(2)15(9-18)17-8-13(19)10-20-14-5-3-4-12(6-14)7-16/h3-6,11,13,15,17-19H,8-10H2,1-2H3. The second-order valence-corrected chi connectivity index (χ2v) is 5.05. The molecule has 0 heterocycles. The van der Waals surface area contributed by atoms with E-state index >= 15 is 0 Å². The molecule has 0 fully saturated rings. The summed E-state index contributed by atoms with van der Waals surface area (Å²) in [5.74, 6) is 0.853. The predicted molar refractivity (Wildman–Crippen MR) is 76.4 cm³/mol. The monoisotopic (exact) mass is 278 g/mol. The van der Waals surface area contributed by atoms with Crippen molar-refractivity contribution in [2.24, 2.45) is 5.92 Å². The molecule has 0 aromatic heterocycles. The Hall–Kier alpha value is -1.61. The first-order valence-electron chi connectivity index (χ1n) is 6.72. The zero-order valence-corrected chi connectivity index (χ0v) is 11.9. The fourth-order valence-corrected chi connectivity index (χ4v) is 1.71. The summed E-state index contributed by atoms with van der Waals surface area (Å²) >= 11 is 0. The summed E-state index contributed by atoms with van der Waals surface area (Å²) in [5.41, 5.74) is 0.523. The SMILES string of the molecule is CC(C)C(CO)NCC(O)COc1cccc(C#N)c1. The molecule has 5 nitrogen and oxygen atoms in total. The predicted octanol–water partition coefficient (Wildman–Crippen LogP) is 0.904. The van der Waals surface area contributed by atoms with Gasteiger partial charge < -0.3 is 20.3 Å². The normalized spacial score (nSPS) is 13.8. The molecule has 110 valence electrons. The molecule has 20 heavy (non-hydrogen) atoms. The van der Waals surface area contributed by atoms with Crippen LogP contribution in [-0.4, -0.2) is 42.1 Å². The van der Waals surface area contributed by atoms with Crippen LogP contribution in [0.4, 0.5) is 0 Å². The summed E-state index contributed by atoms with van der Waals surface area (Å²) in [7, 11) is 0. The summed E-state index contributed by atoms with van der Waals surface area (Å²) in [6.45, 7) is 4.53. The van der Waals surface area contributed by atoms with Gasteiger partial charge in [-0.25, -0.2) is 0 Å². The minimum absolute atomic E-state index is 0.0356. The first kappa shape index (κ1) is 16.4. The quantitative estimate of drug-likeness (QED) is 0.658.